The third-order valence-corrected chi connectivity index (χ3v) is 13.3. The number of hydrogen-bond donors (Lipinski definition) is 2. The number of ether oxygens (including phenoxy) is 3. The molecule has 0 saturated heterocycles. The fourth-order valence-electron chi connectivity index (χ4n) is 5.24. The quantitative estimate of drug-likeness (QED) is 0.0460. The van der Waals surface area contributed by atoms with Crippen molar-refractivity contribution < 1.29 is 58.6 Å². The lowest BCUT2D eigenvalue weighted by atomic mass is 10.1. The van der Waals surface area contributed by atoms with Gasteiger partial charge in [-0.1, -0.05) is 35.4 Å². The SMILES string of the molecule is COc1ccc(S(=O)(=O)c2ccc(Oc3ccc(-c4ccc(Oc5ccc(S(=O)(=O)c6ccc(C)c(SOOO)c6)cc5S(=O)(=O)O)cc4)cc3)cc2)cc1. The lowest BCUT2D eigenvalue weighted by Crippen LogP contribution is -2.07. The van der Waals surface area contributed by atoms with Gasteiger partial charge in [0.15, 0.2) is 0 Å². The van der Waals surface area contributed by atoms with Gasteiger partial charge in [-0.25, -0.2) is 22.1 Å². The summed E-state index contributed by atoms with van der Waals surface area (Å²) in [5.74, 6) is 1.38. The van der Waals surface area contributed by atoms with Crippen molar-refractivity contribution >= 4 is 41.8 Å². The third kappa shape index (κ3) is 9.01. The van der Waals surface area contributed by atoms with Crippen LogP contribution in [0.25, 0.3) is 11.1 Å². The second-order valence-electron chi connectivity index (χ2n) is 11.6. The zero-order valence-electron chi connectivity index (χ0n) is 28.7. The Kier molecular flexibility index (Phi) is 11.6. The molecule has 0 atom stereocenters. The maximum atomic E-state index is 13.4. The van der Waals surface area contributed by atoms with Crippen LogP contribution in [0.2, 0.25) is 0 Å². The highest BCUT2D eigenvalue weighted by molar-refractivity contribution is 7.94. The number of methoxy groups -OCH3 is 1. The normalized spacial score (nSPS) is 11.9. The summed E-state index contributed by atoms with van der Waals surface area (Å²) >= 11 is 0.569. The average molecular weight is 823 g/mol. The summed E-state index contributed by atoms with van der Waals surface area (Å²) in [6, 6.07) is 33.0. The van der Waals surface area contributed by atoms with Gasteiger partial charge >= 0.3 is 0 Å². The largest absolute Gasteiger partial charge is 0.497 e. The summed E-state index contributed by atoms with van der Waals surface area (Å²) in [5, 5.41) is 12.0. The number of sulfone groups is 2. The summed E-state index contributed by atoms with van der Waals surface area (Å²) in [6.45, 7) is 1.67. The van der Waals surface area contributed by atoms with Crippen molar-refractivity contribution in [1.82, 2.24) is 0 Å². The van der Waals surface area contributed by atoms with Crippen molar-refractivity contribution in [1.29, 1.82) is 0 Å². The van der Waals surface area contributed by atoms with Crippen molar-refractivity contribution in [3.8, 4) is 39.9 Å². The van der Waals surface area contributed by atoms with Crippen molar-refractivity contribution in [2.45, 2.75) is 36.3 Å². The molecule has 55 heavy (non-hydrogen) atoms. The first-order valence-corrected chi connectivity index (χ1v) is 21.0. The van der Waals surface area contributed by atoms with Gasteiger partial charge < -0.3 is 14.2 Å². The first-order chi connectivity index (χ1) is 26.2. The minimum absolute atomic E-state index is 0.113. The van der Waals surface area contributed by atoms with E-state index in [1.807, 2.05) is 12.1 Å². The summed E-state index contributed by atoms with van der Waals surface area (Å²) in [4.78, 5) is -0.839. The smallest absolute Gasteiger partial charge is 0.298 e. The van der Waals surface area contributed by atoms with Crippen molar-refractivity contribution in [3.63, 3.8) is 0 Å². The molecular weight excluding hydrogens is 793 g/mol. The number of hydrogen-bond acceptors (Lipinski definition) is 13. The van der Waals surface area contributed by atoms with E-state index in [1.165, 1.54) is 49.6 Å². The van der Waals surface area contributed by atoms with Gasteiger partial charge in [0.1, 0.15) is 33.6 Å². The van der Waals surface area contributed by atoms with Crippen LogP contribution < -0.4 is 14.2 Å². The van der Waals surface area contributed by atoms with Crippen molar-refractivity contribution in [3.05, 3.63) is 139 Å². The molecule has 6 aromatic carbocycles. The predicted molar refractivity (Wildman–Crippen MR) is 200 cm³/mol. The molecule has 0 aliphatic rings. The van der Waals surface area contributed by atoms with Crippen LogP contribution in [-0.2, 0) is 39.2 Å². The van der Waals surface area contributed by atoms with Gasteiger partial charge in [0.05, 0.1) is 38.7 Å². The third-order valence-electron chi connectivity index (χ3n) is 8.14. The molecule has 0 aromatic heterocycles. The van der Waals surface area contributed by atoms with Crippen LogP contribution in [0.1, 0.15) is 5.56 Å². The van der Waals surface area contributed by atoms with Gasteiger partial charge in [0.25, 0.3) is 10.1 Å². The Morgan fingerprint density at radius 2 is 0.964 bits per heavy atom. The van der Waals surface area contributed by atoms with Gasteiger partial charge in [-0.2, -0.15) is 8.42 Å². The Labute approximate surface area is 321 Å². The molecule has 13 nitrogen and oxygen atoms in total. The maximum Gasteiger partial charge on any atom is 0.298 e. The molecule has 0 spiro atoms. The molecule has 0 aliphatic carbocycles. The predicted octanol–water partition coefficient (Wildman–Crippen LogP) is 8.60. The highest BCUT2D eigenvalue weighted by Crippen LogP contribution is 2.36. The lowest BCUT2D eigenvalue weighted by molar-refractivity contribution is -0.432. The first-order valence-electron chi connectivity index (χ1n) is 15.9. The Morgan fingerprint density at radius 3 is 1.47 bits per heavy atom. The van der Waals surface area contributed by atoms with E-state index in [0.29, 0.717) is 39.8 Å². The fourth-order valence-corrected chi connectivity index (χ4v) is 9.08. The zero-order chi connectivity index (χ0) is 39.4. The highest BCUT2D eigenvalue weighted by atomic mass is 32.2. The molecular formula is C38H30O13S4. The van der Waals surface area contributed by atoms with Crippen molar-refractivity contribution in [2.24, 2.45) is 0 Å². The van der Waals surface area contributed by atoms with Gasteiger partial charge in [-0.05, 0) is 127 Å². The fraction of sp³-hybridized carbons (Fsp3) is 0.0526. The van der Waals surface area contributed by atoms with Crippen LogP contribution in [0.4, 0.5) is 0 Å². The van der Waals surface area contributed by atoms with Crippen LogP contribution in [0.15, 0.2) is 163 Å². The molecule has 2 N–H and O–H groups in total. The second kappa shape index (κ2) is 16.2. The Hall–Kier alpha value is -5.24. The van der Waals surface area contributed by atoms with E-state index in [9.17, 15) is 29.8 Å². The highest BCUT2D eigenvalue weighted by Gasteiger charge is 2.25. The lowest BCUT2D eigenvalue weighted by Gasteiger charge is -2.13. The van der Waals surface area contributed by atoms with E-state index in [-0.39, 0.29) is 26.2 Å². The van der Waals surface area contributed by atoms with Crippen LogP contribution in [0, 0.1) is 6.92 Å². The topological polar surface area (TPSA) is 189 Å². The van der Waals surface area contributed by atoms with E-state index >= 15 is 0 Å². The summed E-state index contributed by atoms with van der Waals surface area (Å²) < 4.78 is 109. The minimum atomic E-state index is -4.95. The summed E-state index contributed by atoms with van der Waals surface area (Å²) in [5.41, 5.74) is 2.19. The maximum absolute atomic E-state index is 13.4. The van der Waals surface area contributed by atoms with Gasteiger partial charge in [0.2, 0.25) is 19.7 Å². The average Bonchev–Trinajstić information content (AvgIpc) is 3.18. The van der Waals surface area contributed by atoms with E-state index in [2.05, 4.69) is 9.37 Å². The minimum Gasteiger partial charge on any atom is -0.497 e. The standard InChI is InChI=1S/C38H30O13S4/c1-25-3-16-34(23-37(25)52-51-50-39)54(42,43)35-21-22-36(38(24-35)55(44,45)46)49-31-10-6-27(7-11-31)26-4-8-29(9-5-26)48-30-14-19-33(20-15-30)53(40,41)32-17-12-28(47-2)13-18-32/h3-24,39H,1-2H3,(H,44,45,46). The van der Waals surface area contributed by atoms with E-state index < -0.39 is 39.6 Å². The molecule has 0 heterocycles. The number of benzene rings is 6. The van der Waals surface area contributed by atoms with E-state index in [1.54, 1.807) is 67.6 Å². The second-order valence-corrected chi connectivity index (χ2v) is 17.7. The monoisotopic (exact) mass is 822 g/mol. The van der Waals surface area contributed by atoms with Crippen LogP contribution >= 0.6 is 12.0 Å². The molecule has 0 saturated carbocycles. The number of aryl methyl sites for hydroxylation is 1. The Morgan fingerprint density at radius 1 is 0.527 bits per heavy atom. The molecule has 0 bridgehead atoms. The number of rotatable bonds is 14. The molecule has 6 aromatic rings. The first kappa shape index (κ1) is 39.5. The van der Waals surface area contributed by atoms with Crippen LogP contribution in [0.5, 0.6) is 28.7 Å². The van der Waals surface area contributed by atoms with Crippen LogP contribution in [-0.4, -0.2) is 42.2 Å². The molecule has 0 unspecified atom stereocenters. The molecule has 17 heteroatoms. The summed E-state index contributed by atoms with van der Waals surface area (Å²) in [7, 11) is -11.5. The summed E-state index contributed by atoms with van der Waals surface area (Å²) in [6.07, 6.45) is 0. The van der Waals surface area contributed by atoms with E-state index in [4.69, 9.17) is 19.5 Å². The molecule has 0 radical (unpaired) electrons. The zero-order valence-corrected chi connectivity index (χ0v) is 32.0. The van der Waals surface area contributed by atoms with Gasteiger partial charge in [0, 0.05) is 4.90 Å². The Balaban J connectivity index is 1.14. The molecule has 0 amide bonds. The Bertz CT molecular complexity index is 2650. The van der Waals surface area contributed by atoms with Gasteiger partial charge in [-0.3, -0.25) is 4.55 Å². The van der Waals surface area contributed by atoms with Gasteiger partial charge in [-0.15, -0.1) is 4.33 Å². The molecule has 0 aliphatic heterocycles. The van der Waals surface area contributed by atoms with Crippen LogP contribution in [0.3, 0.4) is 0 Å². The molecule has 284 valence electrons. The van der Waals surface area contributed by atoms with Crippen molar-refractivity contribution in [2.75, 3.05) is 7.11 Å². The molecule has 6 rings (SSSR count). The van der Waals surface area contributed by atoms with E-state index in [0.717, 1.165) is 29.3 Å². The molecule has 0 fully saturated rings.